The molecule has 2 aliphatic carbocycles. The van der Waals surface area contributed by atoms with E-state index in [-0.39, 0.29) is 22.4 Å². The highest BCUT2D eigenvalue weighted by atomic mass is 32.2. The number of thioether (sulfide) groups is 1. The fraction of sp³-hybridized carbons (Fsp3) is 0.571. The van der Waals surface area contributed by atoms with Crippen LogP contribution >= 0.6 is 11.8 Å². The molecule has 1 aromatic carbocycles. The largest absolute Gasteiger partial charge is 0.457 e. The van der Waals surface area contributed by atoms with Gasteiger partial charge in [0.05, 0.1) is 5.37 Å². The molecule has 136 valence electrons. The van der Waals surface area contributed by atoms with E-state index in [4.69, 9.17) is 9.47 Å². The van der Waals surface area contributed by atoms with E-state index < -0.39 is 0 Å². The minimum Gasteiger partial charge on any atom is -0.457 e. The van der Waals surface area contributed by atoms with Gasteiger partial charge in [-0.25, -0.2) is 4.79 Å². The van der Waals surface area contributed by atoms with Gasteiger partial charge in [-0.2, -0.15) is 0 Å². The molecule has 1 spiro atoms. The Morgan fingerprint density at radius 2 is 2.15 bits per heavy atom. The maximum atomic E-state index is 12.7. The molecular formula is C21H23NO3S. The van der Waals surface area contributed by atoms with Crippen molar-refractivity contribution in [1.29, 1.82) is 0 Å². The van der Waals surface area contributed by atoms with E-state index in [1.165, 1.54) is 6.42 Å². The molecule has 0 aromatic heterocycles. The average Bonchev–Trinajstić information content (AvgIpc) is 3.26. The second-order valence-electron chi connectivity index (χ2n) is 8.99. The second-order valence-corrected chi connectivity index (χ2v) is 10.8. The van der Waals surface area contributed by atoms with Crippen molar-refractivity contribution in [3.8, 4) is 0 Å². The summed E-state index contributed by atoms with van der Waals surface area (Å²) in [5.41, 5.74) is 2.06. The van der Waals surface area contributed by atoms with Crippen LogP contribution in [-0.4, -0.2) is 39.9 Å². The minimum atomic E-state index is -0.132. The first kappa shape index (κ1) is 15.7. The van der Waals surface area contributed by atoms with Gasteiger partial charge in [-0.05, 0) is 31.7 Å². The number of esters is 1. The Kier molecular flexibility index (Phi) is 2.99. The third-order valence-corrected chi connectivity index (χ3v) is 8.55. The molecule has 4 nitrogen and oxygen atoms in total. The van der Waals surface area contributed by atoms with E-state index >= 15 is 0 Å². The standard InChI is InChI=1S/C21H23NO3S/c1-20(2)11-22-17-16(25-17)21(19(22)26-20)9-13-8-14(15(13)21)18(23)24-10-12-6-4-3-5-7-12/h3-8,13,15-17,19H,9-11H2,1-2H3/t13?,15?,16?,17?,19-,21?/m1/s1. The van der Waals surface area contributed by atoms with E-state index in [0.29, 0.717) is 29.9 Å². The van der Waals surface area contributed by atoms with Gasteiger partial charge in [0.1, 0.15) is 18.9 Å². The molecule has 1 saturated carbocycles. The molecule has 5 unspecified atom stereocenters. The summed E-state index contributed by atoms with van der Waals surface area (Å²) in [4.78, 5) is 15.3. The smallest absolute Gasteiger partial charge is 0.334 e. The lowest BCUT2D eigenvalue weighted by molar-refractivity contribution is -0.147. The number of benzene rings is 1. The van der Waals surface area contributed by atoms with Gasteiger partial charge >= 0.3 is 5.97 Å². The van der Waals surface area contributed by atoms with Gasteiger partial charge in [-0.3, -0.25) is 4.90 Å². The van der Waals surface area contributed by atoms with Crippen LogP contribution in [0, 0.1) is 17.3 Å². The third kappa shape index (κ3) is 1.92. The van der Waals surface area contributed by atoms with Gasteiger partial charge in [0.15, 0.2) is 0 Å². The van der Waals surface area contributed by atoms with Crippen LogP contribution in [0.2, 0.25) is 0 Å². The molecule has 5 aliphatic rings. The minimum absolute atomic E-state index is 0.129. The summed E-state index contributed by atoms with van der Waals surface area (Å²) >= 11 is 2.09. The van der Waals surface area contributed by atoms with E-state index in [1.807, 2.05) is 30.3 Å². The first-order valence-corrected chi connectivity index (χ1v) is 10.4. The molecule has 26 heavy (non-hydrogen) atoms. The number of rotatable bonds is 3. The maximum absolute atomic E-state index is 12.7. The van der Waals surface area contributed by atoms with Crippen molar-refractivity contribution >= 4 is 17.7 Å². The van der Waals surface area contributed by atoms with E-state index in [0.717, 1.165) is 17.7 Å². The van der Waals surface area contributed by atoms with Crippen LogP contribution in [0.15, 0.2) is 42.0 Å². The molecule has 0 radical (unpaired) electrons. The summed E-state index contributed by atoms with van der Waals surface area (Å²) in [7, 11) is 0. The molecule has 5 heteroatoms. The summed E-state index contributed by atoms with van der Waals surface area (Å²) in [5, 5.41) is 0.494. The first-order chi connectivity index (χ1) is 12.5. The lowest BCUT2D eigenvalue weighted by atomic mass is 9.45. The Bertz CT molecular complexity index is 822. The number of fused-ring (bicyclic) bond motifs is 7. The van der Waals surface area contributed by atoms with Crippen LogP contribution in [0.3, 0.4) is 0 Å². The van der Waals surface area contributed by atoms with Gasteiger partial charge < -0.3 is 9.47 Å². The number of allylic oxidation sites excluding steroid dienone is 1. The van der Waals surface area contributed by atoms with Crippen molar-refractivity contribution in [3.05, 3.63) is 47.5 Å². The number of epoxide rings is 1. The molecule has 6 atom stereocenters. The quantitative estimate of drug-likeness (QED) is 0.605. The van der Waals surface area contributed by atoms with E-state index in [9.17, 15) is 4.79 Å². The van der Waals surface area contributed by atoms with Crippen molar-refractivity contribution in [3.63, 3.8) is 0 Å². The average molecular weight is 369 g/mol. The lowest BCUT2D eigenvalue weighted by Crippen LogP contribution is -2.61. The highest BCUT2D eigenvalue weighted by Gasteiger charge is 2.80. The van der Waals surface area contributed by atoms with Crippen LogP contribution in [0.5, 0.6) is 0 Å². The van der Waals surface area contributed by atoms with Crippen molar-refractivity contribution in [2.75, 3.05) is 6.54 Å². The van der Waals surface area contributed by atoms with Crippen molar-refractivity contribution in [2.45, 2.75) is 49.3 Å². The zero-order chi connectivity index (χ0) is 17.7. The highest BCUT2D eigenvalue weighted by molar-refractivity contribution is 8.01. The van der Waals surface area contributed by atoms with Crippen LogP contribution < -0.4 is 0 Å². The zero-order valence-corrected chi connectivity index (χ0v) is 15.9. The zero-order valence-electron chi connectivity index (χ0n) is 15.1. The van der Waals surface area contributed by atoms with Gasteiger partial charge in [-0.1, -0.05) is 36.4 Å². The summed E-state index contributed by atoms with van der Waals surface area (Å²) < 4.78 is 11.9. The molecule has 1 aromatic rings. The van der Waals surface area contributed by atoms with Gasteiger partial charge in [0.25, 0.3) is 0 Å². The van der Waals surface area contributed by atoms with Crippen molar-refractivity contribution in [2.24, 2.45) is 17.3 Å². The topological polar surface area (TPSA) is 42.1 Å². The number of ether oxygens (including phenoxy) is 2. The molecule has 0 amide bonds. The highest BCUT2D eigenvalue weighted by Crippen LogP contribution is 2.76. The summed E-state index contributed by atoms with van der Waals surface area (Å²) in [6, 6.07) is 9.90. The number of hydrogen-bond donors (Lipinski definition) is 0. The van der Waals surface area contributed by atoms with E-state index in [2.05, 4.69) is 36.6 Å². The SMILES string of the molecule is CC1(C)CN2C3OC3C3(CC4C=C(C(=O)OCc5ccccc5)C43)[C@H]2S1. The molecule has 3 heterocycles. The van der Waals surface area contributed by atoms with Crippen LogP contribution in [-0.2, 0) is 20.9 Å². The Hall–Kier alpha value is -1.30. The van der Waals surface area contributed by atoms with Crippen LogP contribution in [0.25, 0.3) is 0 Å². The number of hydrogen-bond acceptors (Lipinski definition) is 5. The van der Waals surface area contributed by atoms with Gasteiger partial charge in [0.2, 0.25) is 0 Å². The Labute approximate surface area is 157 Å². The number of carbonyl (C=O) groups is 1. The Morgan fingerprint density at radius 3 is 2.92 bits per heavy atom. The number of carbonyl (C=O) groups excluding carboxylic acids is 1. The fourth-order valence-corrected chi connectivity index (χ4v) is 7.55. The lowest BCUT2D eigenvalue weighted by Gasteiger charge is -2.60. The van der Waals surface area contributed by atoms with Crippen molar-refractivity contribution < 1.29 is 14.3 Å². The van der Waals surface area contributed by atoms with Gasteiger partial charge in [-0.15, -0.1) is 11.8 Å². The molecule has 6 rings (SSSR count). The maximum Gasteiger partial charge on any atom is 0.334 e. The Balaban J connectivity index is 1.20. The molecule has 3 saturated heterocycles. The Morgan fingerprint density at radius 1 is 1.35 bits per heavy atom. The monoisotopic (exact) mass is 369 g/mol. The second kappa shape index (κ2) is 4.94. The fourth-order valence-electron chi connectivity index (χ4n) is 5.79. The molecular weight excluding hydrogens is 346 g/mol. The summed E-state index contributed by atoms with van der Waals surface area (Å²) in [5.74, 6) is 0.743. The molecule has 0 N–H and O–H groups in total. The van der Waals surface area contributed by atoms with Crippen LogP contribution in [0.4, 0.5) is 0 Å². The normalized spacial score (nSPS) is 43.6. The first-order valence-electron chi connectivity index (χ1n) is 9.51. The molecule has 3 aliphatic heterocycles. The molecule has 0 bridgehead atoms. The third-order valence-electron chi connectivity index (χ3n) is 6.85. The van der Waals surface area contributed by atoms with Gasteiger partial charge in [0, 0.05) is 28.2 Å². The van der Waals surface area contributed by atoms with E-state index in [1.54, 1.807) is 0 Å². The number of nitrogens with zero attached hydrogens (tertiary/aromatic N) is 1. The summed E-state index contributed by atoms with van der Waals surface area (Å²) in [6.45, 7) is 6.08. The summed E-state index contributed by atoms with van der Waals surface area (Å²) in [6.07, 6.45) is 3.92. The molecule has 4 fully saturated rings. The van der Waals surface area contributed by atoms with Crippen LogP contribution in [0.1, 0.15) is 25.8 Å². The van der Waals surface area contributed by atoms with Crippen molar-refractivity contribution in [1.82, 2.24) is 4.90 Å². The predicted molar refractivity (Wildman–Crippen MR) is 99.2 cm³/mol. The predicted octanol–water partition coefficient (Wildman–Crippen LogP) is 3.18.